The summed E-state index contributed by atoms with van der Waals surface area (Å²) in [6.45, 7) is 9.66. The molecule has 2 rings (SSSR count). The Hall–Kier alpha value is -2.60. The van der Waals surface area contributed by atoms with Gasteiger partial charge in [0.05, 0.1) is 36.9 Å². The van der Waals surface area contributed by atoms with Crippen LogP contribution in [-0.2, 0) is 21.3 Å². The van der Waals surface area contributed by atoms with Gasteiger partial charge in [-0.05, 0) is 62.9 Å². The number of azo groups is 1. The Morgan fingerprint density at radius 1 is 1.03 bits per heavy atom. The lowest BCUT2D eigenvalue weighted by Crippen LogP contribution is -2.32. The van der Waals surface area contributed by atoms with E-state index in [2.05, 4.69) is 28.8 Å². The summed E-state index contributed by atoms with van der Waals surface area (Å²) in [7, 11) is -3.66. The topological polar surface area (TPSA) is 143 Å². The molecule has 11 heteroatoms. The minimum absolute atomic E-state index is 0.0871. The highest BCUT2D eigenvalue weighted by Crippen LogP contribution is 2.32. The fourth-order valence-electron chi connectivity index (χ4n) is 3.61. The number of aliphatic hydroxyl groups excluding tert-OH is 1. The number of nitrogens with zero attached hydrogens (tertiary/aromatic N) is 3. The van der Waals surface area contributed by atoms with Crippen LogP contribution < -0.4 is 10.3 Å². The minimum atomic E-state index is -3.66. The molecule has 0 bridgehead atoms. The van der Waals surface area contributed by atoms with Crippen molar-refractivity contribution in [3.05, 3.63) is 45.7 Å². The van der Waals surface area contributed by atoms with Crippen LogP contribution in [0.15, 0.2) is 44.2 Å². The molecular formula is C25H38N4O6S. The van der Waals surface area contributed by atoms with E-state index in [4.69, 9.17) is 9.84 Å². The molecule has 0 amide bonds. The zero-order valence-corrected chi connectivity index (χ0v) is 22.5. The van der Waals surface area contributed by atoms with Gasteiger partial charge in [-0.3, -0.25) is 9.36 Å². The van der Waals surface area contributed by atoms with E-state index in [9.17, 15) is 18.3 Å². The third-order valence-corrected chi connectivity index (χ3v) is 7.44. The van der Waals surface area contributed by atoms with Crippen molar-refractivity contribution in [2.75, 3.05) is 19.8 Å². The Bertz CT molecular complexity index is 1190. The van der Waals surface area contributed by atoms with Gasteiger partial charge in [0.1, 0.15) is 5.69 Å². The van der Waals surface area contributed by atoms with Crippen LogP contribution in [0.1, 0.15) is 51.2 Å². The second kappa shape index (κ2) is 13.6. The molecule has 0 spiro atoms. The number of aromatic nitrogens is 1. The predicted octanol–water partition coefficient (Wildman–Crippen LogP) is 4.09. The molecule has 3 N–H and O–H groups in total. The lowest BCUT2D eigenvalue weighted by atomic mass is 10.0. The molecule has 1 atom stereocenters. The monoisotopic (exact) mass is 522 g/mol. The lowest BCUT2D eigenvalue weighted by Gasteiger charge is -2.15. The van der Waals surface area contributed by atoms with Gasteiger partial charge >= 0.3 is 0 Å². The van der Waals surface area contributed by atoms with Crippen molar-refractivity contribution >= 4 is 21.4 Å². The van der Waals surface area contributed by atoms with Crippen LogP contribution in [0.5, 0.6) is 5.88 Å². The molecule has 0 aliphatic carbocycles. The minimum Gasteiger partial charge on any atom is -0.493 e. The van der Waals surface area contributed by atoms with Crippen LogP contribution in [0, 0.1) is 19.8 Å². The summed E-state index contributed by atoms with van der Waals surface area (Å²) < 4.78 is 34.5. The first-order valence-corrected chi connectivity index (χ1v) is 13.6. The predicted molar refractivity (Wildman–Crippen MR) is 139 cm³/mol. The van der Waals surface area contributed by atoms with E-state index in [1.54, 1.807) is 13.8 Å². The number of hydrogen-bond acceptors (Lipinski definition) is 8. The second-order valence-electron chi connectivity index (χ2n) is 9.26. The van der Waals surface area contributed by atoms with E-state index in [0.717, 1.165) is 23.8 Å². The molecule has 36 heavy (non-hydrogen) atoms. The van der Waals surface area contributed by atoms with Gasteiger partial charge in [-0.25, -0.2) is 13.1 Å². The molecule has 0 aliphatic heterocycles. The number of benzene rings is 1. The highest BCUT2D eigenvalue weighted by molar-refractivity contribution is 7.89. The largest absolute Gasteiger partial charge is 0.493 e. The maximum Gasteiger partial charge on any atom is 0.256 e. The first-order chi connectivity index (χ1) is 17.0. The van der Waals surface area contributed by atoms with Gasteiger partial charge in [-0.1, -0.05) is 26.7 Å². The zero-order chi connectivity index (χ0) is 26.9. The molecule has 200 valence electrons. The molecule has 1 heterocycles. The van der Waals surface area contributed by atoms with Gasteiger partial charge in [0.15, 0.2) is 0 Å². The van der Waals surface area contributed by atoms with Crippen LogP contribution in [0.3, 0.4) is 0 Å². The SMILES string of the molecule is Cc1c(/N=N/c2ccc(S(=O)(=O)NC(C)CCCC(C)C)cc2)c(O)n(CCOCCO)c(=O)c1C. The summed E-state index contributed by atoms with van der Waals surface area (Å²) in [6.07, 6.45) is 2.77. The Kier molecular flexibility index (Phi) is 11.2. The number of rotatable bonds is 14. The molecule has 0 saturated carbocycles. The van der Waals surface area contributed by atoms with Crippen molar-refractivity contribution in [3.63, 3.8) is 0 Å². The second-order valence-corrected chi connectivity index (χ2v) is 11.0. The molecular weight excluding hydrogens is 484 g/mol. The fourth-order valence-corrected chi connectivity index (χ4v) is 4.88. The number of aromatic hydroxyl groups is 1. The first kappa shape index (κ1) is 29.6. The van der Waals surface area contributed by atoms with Gasteiger partial charge in [0.2, 0.25) is 15.9 Å². The molecule has 10 nitrogen and oxygen atoms in total. The van der Waals surface area contributed by atoms with Crippen molar-refractivity contribution in [1.82, 2.24) is 9.29 Å². The highest BCUT2D eigenvalue weighted by atomic mass is 32.2. The van der Waals surface area contributed by atoms with Crippen LogP contribution in [0.25, 0.3) is 0 Å². The Morgan fingerprint density at radius 2 is 1.69 bits per heavy atom. The molecule has 2 aromatic rings. The van der Waals surface area contributed by atoms with Crippen LogP contribution >= 0.6 is 0 Å². The smallest absolute Gasteiger partial charge is 0.256 e. The van der Waals surface area contributed by atoms with Gasteiger partial charge < -0.3 is 14.9 Å². The Balaban J connectivity index is 2.17. The number of hydrogen-bond donors (Lipinski definition) is 3. The quantitative estimate of drug-likeness (QED) is 0.252. The highest BCUT2D eigenvalue weighted by Gasteiger charge is 2.18. The Morgan fingerprint density at radius 3 is 2.31 bits per heavy atom. The summed E-state index contributed by atoms with van der Waals surface area (Å²) in [6, 6.07) is 5.79. The molecule has 0 fully saturated rings. The molecule has 0 radical (unpaired) electrons. The number of pyridine rings is 1. The maximum atomic E-state index is 12.7. The number of aliphatic hydroxyl groups is 1. The van der Waals surface area contributed by atoms with E-state index in [-0.39, 0.29) is 54.4 Å². The standard InChI is InChI=1S/C25H38N4O6S/c1-17(2)7-6-8-18(3)28-36(33,34)22-11-9-21(10-12-22)26-27-23-19(4)20(5)24(31)29(25(23)32)13-15-35-16-14-30/h9-12,17-18,28,30,32H,6-8,13-16H2,1-5H3/b27-26+. The zero-order valence-electron chi connectivity index (χ0n) is 21.7. The van der Waals surface area contributed by atoms with E-state index < -0.39 is 10.0 Å². The summed E-state index contributed by atoms with van der Waals surface area (Å²) in [5.74, 6) is 0.244. The third kappa shape index (κ3) is 8.22. The van der Waals surface area contributed by atoms with Crippen molar-refractivity contribution in [2.24, 2.45) is 16.1 Å². The summed E-state index contributed by atoms with van der Waals surface area (Å²) in [5.41, 5.74) is 1.07. The van der Waals surface area contributed by atoms with Gasteiger partial charge in [0.25, 0.3) is 5.56 Å². The molecule has 0 saturated heterocycles. The van der Waals surface area contributed by atoms with Crippen LogP contribution in [0.2, 0.25) is 0 Å². The Labute approximate surface area is 213 Å². The number of nitrogens with one attached hydrogen (secondary N) is 1. The molecule has 1 unspecified atom stereocenters. The summed E-state index contributed by atoms with van der Waals surface area (Å²) in [4.78, 5) is 12.7. The van der Waals surface area contributed by atoms with Gasteiger partial charge in [-0.15, -0.1) is 5.11 Å². The summed E-state index contributed by atoms with van der Waals surface area (Å²) in [5, 5.41) is 27.7. The first-order valence-electron chi connectivity index (χ1n) is 12.1. The summed E-state index contributed by atoms with van der Waals surface area (Å²) >= 11 is 0. The van der Waals surface area contributed by atoms with Gasteiger partial charge in [0, 0.05) is 11.6 Å². The molecule has 1 aromatic carbocycles. The normalized spacial score (nSPS) is 13.1. The average molecular weight is 523 g/mol. The number of ether oxygens (including phenoxy) is 1. The van der Waals surface area contributed by atoms with E-state index >= 15 is 0 Å². The van der Waals surface area contributed by atoms with E-state index in [1.807, 2.05) is 6.92 Å². The fraction of sp³-hybridized carbons (Fsp3) is 0.560. The molecule has 1 aromatic heterocycles. The van der Waals surface area contributed by atoms with E-state index in [0.29, 0.717) is 22.7 Å². The molecule has 0 aliphatic rings. The van der Waals surface area contributed by atoms with Crippen molar-refractivity contribution in [3.8, 4) is 5.88 Å². The van der Waals surface area contributed by atoms with Crippen molar-refractivity contribution in [1.29, 1.82) is 0 Å². The maximum absolute atomic E-state index is 12.7. The number of sulfonamides is 1. The van der Waals surface area contributed by atoms with Crippen molar-refractivity contribution in [2.45, 2.75) is 71.4 Å². The van der Waals surface area contributed by atoms with E-state index in [1.165, 1.54) is 24.3 Å². The third-order valence-electron chi connectivity index (χ3n) is 5.83. The average Bonchev–Trinajstić information content (AvgIpc) is 2.82. The van der Waals surface area contributed by atoms with Crippen LogP contribution in [0.4, 0.5) is 11.4 Å². The van der Waals surface area contributed by atoms with Gasteiger partial charge in [-0.2, -0.15) is 5.11 Å². The lowest BCUT2D eigenvalue weighted by molar-refractivity contribution is 0.0854. The van der Waals surface area contributed by atoms with Crippen LogP contribution in [-0.4, -0.2) is 49.1 Å². The van der Waals surface area contributed by atoms with Crippen molar-refractivity contribution < 1.29 is 23.4 Å².